The Morgan fingerprint density at radius 2 is 1.25 bits per heavy atom. The third kappa shape index (κ3) is 9.25. The van der Waals surface area contributed by atoms with Gasteiger partial charge in [-0.15, -0.1) is 0 Å². The highest BCUT2D eigenvalue weighted by molar-refractivity contribution is 7.00. The number of esters is 1. The molecule has 298 valence electrons. The molecule has 0 fully saturated rings. The maximum atomic E-state index is 13.4. The average Bonchev–Trinajstić information content (AvgIpc) is 3.86. The highest BCUT2D eigenvalue weighted by Crippen LogP contribution is 2.46. The van der Waals surface area contributed by atoms with Gasteiger partial charge in [0.2, 0.25) is 0 Å². The van der Waals surface area contributed by atoms with Crippen molar-refractivity contribution in [2.24, 2.45) is 0 Å². The first-order valence-corrected chi connectivity index (χ1v) is 19.2. The molecule has 0 aliphatic carbocycles. The van der Waals surface area contributed by atoms with Gasteiger partial charge < -0.3 is 33.5 Å². The summed E-state index contributed by atoms with van der Waals surface area (Å²) in [7, 11) is 4.72. The summed E-state index contributed by atoms with van der Waals surface area (Å²) in [5.41, 5.74) is 6.50. The minimum absolute atomic E-state index is 0.197. The Morgan fingerprint density at radius 3 is 1.86 bits per heavy atom. The number of ether oxygens (including phenoxy) is 6. The summed E-state index contributed by atoms with van der Waals surface area (Å²) in [6.45, 7) is 0.799. The van der Waals surface area contributed by atoms with Gasteiger partial charge in [-0.25, -0.2) is 4.79 Å². The van der Waals surface area contributed by atoms with E-state index in [1.165, 1.54) is 0 Å². The molecule has 1 aliphatic rings. The van der Waals surface area contributed by atoms with Crippen molar-refractivity contribution >= 4 is 40.6 Å². The molecule has 1 aliphatic heterocycles. The SMILES string of the molecule is COc1ccc(C2(O)OC(=O)C(c3ccc4nsnc4c3)=C2Cc2ccc(OC)c(OCc3ccccc3)c2)cc1.COc1ccc(C=O)cc1OCc1ccccc1. The van der Waals surface area contributed by atoms with E-state index in [0.29, 0.717) is 69.7 Å². The zero-order valence-electron chi connectivity index (χ0n) is 32.5. The van der Waals surface area contributed by atoms with E-state index in [2.05, 4.69) is 8.75 Å². The topological polar surface area (TPSA) is 136 Å². The van der Waals surface area contributed by atoms with E-state index in [-0.39, 0.29) is 12.0 Å². The van der Waals surface area contributed by atoms with Gasteiger partial charge in [0, 0.05) is 23.1 Å². The van der Waals surface area contributed by atoms with Crippen molar-refractivity contribution in [1.29, 1.82) is 0 Å². The summed E-state index contributed by atoms with van der Waals surface area (Å²) in [6, 6.07) is 42.5. The first-order valence-electron chi connectivity index (χ1n) is 18.5. The summed E-state index contributed by atoms with van der Waals surface area (Å²) in [5.74, 6) is 0.300. The van der Waals surface area contributed by atoms with Crippen LogP contribution in [0.1, 0.15) is 38.2 Å². The van der Waals surface area contributed by atoms with Gasteiger partial charge in [-0.1, -0.05) is 72.8 Å². The van der Waals surface area contributed by atoms with Crippen molar-refractivity contribution in [3.8, 4) is 28.7 Å². The molecule has 7 aromatic rings. The normalized spacial score (nSPS) is 14.5. The fraction of sp³-hybridized carbons (Fsp3) is 0.149. The number of rotatable bonds is 14. The second-order valence-electron chi connectivity index (χ2n) is 13.3. The minimum atomic E-state index is -2.00. The van der Waals surface area contributed by atoms with Crippen molar-refractivity contribution in [3.63, 3.8) is 0 Å². The fourth-order valence-electron chi connectivity index (χ4n) is 6.53. The van der Waals surface area contributed by atoms with Gasteiger partial charge in [0.25, 0.3) is 5.79 Å². The van der Waals surface area contributed by atoms with E-state index in [1.54, 1.807) is 82.0 Å². The Balaban J connectivity index is 0.000000245. The molecule has 1 unspecified atom stereocenters. The van der Waals surface area contributed by atoms with E-state index < -0.39 is 11.8 Å². The molecule has 0 bridgehead atoms. The zero-order valence-corrected chi connectivity index (χ0v) is 33.3. The molecule has 8 rings (SSSR count). The largest absolute Gasteiger partial charge is 0.497 e. The summed E-state index contributed by atoms with van der Waals surface area (Å²) >= 11 is 1.10. The molecular formula is C47H40N2O9S. The van der Waals surface area contributed by atoms with Gasteiger partial charge in [0.1, 0.15) is 36.3 Å². The van der Waals surface area contributed by atoms with Crippen LogP contribution in [-0.2, 0) is 35.0 Å². The van der Waals surface area contributed by atoms with E-state index in [4.69, 9.17) is 28.4 Å². The molecule has 59 heavy (non-hydrogen) atoms. The predicted molar refractivity (Wildman–Crippen MR) is 224 cm³/mol. The van der Waals surface area contributed by atoms with Gasteiger partial charge in [0.15, 0.2) is 23.0 Å². The fourth-order valence-corrected chi connectivity index (χ4v) is 7.04. The average molecular weight is 809 g/mol. The third-order valence-electron chi connectivity index (χ3n) is 9.59. The monoisotopic (exact) mass is 808 g/mol. The molecule has 1 N–H and O–H groups in total. The summed E-state index contributed by atoms with van der Waals surface area (Å²) in [4.78, 5) is 24.2. The molecule has 12 heteroatoms. The number of benzene rings is 6. The maximum absolute atomic E-state index is 13.4. The van der Waals surface area contributed by atoms with Crippen molar-refractivity contribution in [1.82, 2.24) is 8.75 Å². The van der Waals surface area contributed by atoms with Gasteiger partial charge in [-0.2, -0.15) is 8.75 Å². The Bertz CT molecular complexity index is 2580. The van der Waals surface area contributed by atoms with Crippen LogP contribution in [0.2, 0.25) is 0 Å². The van der Waals surface area contributed by atoms with Crippen LogP contribution in [0.5, 0.6) is 28.7 Å². The summed E-state index contributed by atoms with van der Waals surface area (Å²) in [5, 5.41) is 12.0. The molecular weight excluding hydrogens is 769 g/mol. The second kappa shape index (κ2) is 18.5. The lowest BCUT2D eigenvalue weighted by Crippen LogP contribution is -2.29. The number of aliphatic hydroxyl groups is 1. The molecule has 0 spiro atoms. The van der Waals surface area contributed by atoms with Crippen LogP contribution in [0.4, 0.5) is 0 Å². The van der Waals surface area contributed by atoms with Gasteiger partial charge in [-0.3, -0.25) is 4.79 Å². The first-order chi connectivity index (χ1) is 28.8. The molecule has 0 radical (unpaired) electrons. The van der Waals surface area contributed by atoms with E-state index in [0.717, 1.165) is 40.2 Å². The lowest BCUT2D eigenvalue weighted by atomic mass is 9.88. The lowest BCUT2D eigenvalue weighted by Gasteiger charge is -2.26. The molecule has 0 saturated carbocycles. The predicted octanol–water partition coefficient (Wildman–Crippen LogP) is 8.77. The van der Waals surface area contributed by atoms with Crippen LogP contribution < -0.4 is 23.7 Å². The molecule has 1 atom stereocenters. The van der Waals surface area contributed by atoms with Crippen molar-refractivity contribution < 1.29 is 43.1 Å². The summed E-state index contributed by atoms with van der Waals surface area (Å²) in [6.07, 6.45) is 0.984. The number of cyclic esters (lactones) is 1. The molecule has 6 aromatic carbocycles. The maximum Gasteiger partial charge on any atom is 0.342 e. The molecule has 11 nitrogen and oxygen atoms in total. The van der Waals surface area contributed by atoms with Crippen LogP contribution >= 0.6 is 11.7 Å². The lowest BCUT2D eigenvalue weighted by molar-refractivity contribution is -0.185. The first kappa shape index (κ1) is 40.2. The zero-order chi connectivity index (χ0) is 41.2. The Kier molecular flexibility index (Phi) is 12.6. The van der Waals surface area contributed by atoms with Crippen LogP contribution in [0.15, 0.2) is 145 Å². The number of nitrogens with zero attached hydrogens (tertiary/aromatic N) is 2. The van der Waals surface area contributed by atoms with E-state index in [9.17, 15) is 14.7 Å². The third-order valence-corrected chi connectivity index (χ3v) is 10.1. The van der Waals surface area contributed by atoms with Crippen LogP contribution in [0.3, 0.4) is 0 Å². The van der Waals surface area contributed by atoms with Crippen LogP contribution in [0.25, 0.3) is 16.6 Å². The number of hydrogen-bond acceptors (Lipinski definition) is 12. The highest BCUT2D eigenvalue weighted by Gasteiger charge is 2.48. The summed E-state index contributed by atoms with van der Waals surface area (Å²) < 4.78 is 42.1. The number of hydrogen-bond donors (Lipinski definition) is 1. The van der Waals surface area contributed by atoms with E-state index in [1.807, 2.05) is 78.9 Å². The van der Waals surface area contributed by atoms with Crippen molar-refractivity contribution in [2.45, 2.75) is 25.4 Å². The van der Waals surface area contributed by atoms with Gasteiger partial charge in [-0.05, 0) is 89.0 Å². The standard InChI is InChI=1S/C32H26N2O6S.C15H14O3/c1-37-24-12-10-23(11-13-24)32(36)25(30(31(35)40-32)22-9-14-26-27(18-22)34-41-33-26)16-21-8-15-28(38-2)29(17-21)39-19-20-6-4-3-5-7-20;1-17-14-8-7-13(10-16)9-15(14)18-11-12-5-3-2-4-6-12/h3-15,17-18,36H,16,19H2,1-2H3;2-10H,11H2,1H3. The van der Waals surface area contributed by atoms with Crippen molar-refractivity contribution in [3.05, 3.63) is 178 Å². The van der Waals surface area contributed by atoms with Crippen LogP contribution in [0, 0.1) is 0 Å². The van der Waals surface area contributed by atoms with Crippen LogP contribution in [-0.4, -0.2) is 47.4 Å². The Labute approximate surface area is 345 Å². The van der Waals surface area contributed by atoms with Gasteiger partial charge >= 0.3 is 5.97 Å². The second-order valence-corrected chi connectivity index (χ2v) is 13.9. The quantitative estimate of drug-likeness (QED) is 0.0835. The Morgan fingerprint density at radius 1 is 0.644 bits per heavy atom. The van der Waals surface area contributed by atoms with Crippen molar-refractivity contribution in [2.75, 3.05) is 21.3 Å². The molecule has 2 heterocycles. The number of aldehydes is 1. The highest BCUT2D eigenvalue weighted by atomic mass is 32.1. The number of methoxy groups -OCH3 is 3. The van der Waals surface area contributed by atoms with Gasteiger partial charge in [0.05, 0.1) is 38.6 Å². The molecule has 0 amide bonds. The molecule has 0 saturated heterocycles. The minimum Gasteiger partial charge on any atom is -0.497 e. The number of fused-ring (bicyclic) bond motifs is 1. The smallest absolute Gasteiger partial charge is 0.342 e. The number of aromatic nitrogens is 2. The number of carbonyl (C=O) groups is 2. The number of carbonyl (C=O) groups excluding carboxylic acids is 2. The van der Waals surface area contributed by atoms with E-state index >= 15 is 0 Å². The Hall–Kier alpha value is -7.02. The molecule has 1 aromatic heterocycles.